The summed E-state index contributed by atoms with van der Waals surface area (Å²) in [6, 6.07) is 5.11. The van der Waals surface area contributed by atoms with Gasteiger partial charge in [-0.05, 0) is 25.0 Å². The van der Waals surface area contributed by atoms with Crippen LogP contribution in [0.15, 0.2) is 18.2 Å². The molecule has 1 aromatic rings. The summed E-state index contributed by atoms with van der Waals surface area (Å²) in [6.45, 7) is 1.41. The fourth-order valence-corrected chi connectivity index (χ4v) is 2.00. The lowest BCUT2D eigenvalue weighted by atomic mass is 10.1. The van der Waals surface area contributed by atoms with E-state index in [-0.39, 0.29) is 18.6 Å². The van der Waals surface area contributed by atoms with Crippen molar-refractivity contribution in [2.24, 2.45) is 0 Å². The first-order valence-corrected chi connectivity index (χ1v) is 6.61. The van der Waals surface area contributed by atoms with Crippen molar-refractivity contribution in [2.75, 3.05) is 38.0 Å². The topological polar surface area (TPSA) is 82.8 Å². The standard InChI is InChI=1S/C14H20N2O4/c1-18-11-2-3-13(12(15)8-11)16-14(17)9-20-10-4-6-19-7-5-10/h2-3,8,10H,4-7,9,15H2,1H3,(H,16,17). The molecule has 0 saturated carbocycles. The monoisotopic (exact) mass is 280 g/mol. The number of hydrogen-bond acceptors (Lipinski definition) is 5. The lowest BCUT2D eigenvalue weighted by molar-refractivity contribution is -0.124. The number of anilines is 2. The Morgan fingerprint density at radius 2 is 2.20 bits per heavy atom. The fraction of sp³-hybridized carbons (Fsp3) is 0.500. The van der Waals surface area contributed by atoms with Gasteiger partial charge in [-0.2, -0.15) is 0 Å². The van der Waals surface area contributed by atoms with Gasteiger partial charge in [0.05, 0.1) is 24.6 Å². The number of benzene rings is 1. The van der Waals surface area contributed by atoms with Gasteiger partial charge in [0.1, 0.15) is 12.4 Å². The van der Waals surface area contributed by atoms with Gasteiger partial charge in [-0.1, -0.05) is 0 Å². The van der Waals surface area contributed by atoms with Gasteiger partial charge in [0.15, 0.2) is 0 Å². The van der Waals surface area contributed by atoms with Crippen molar-refractivity contribution in [3.8, 4) is 5.75 Å². The number of carbonyl (C=O) groups is 1. The molecule has 0 spiro atoms. The molecule has 1 aliphatic rings. The quantitative estimate of drug-likeness (QED) is 0.797. The lowest BCUT2D eigenvalue weighted by Gasteiger charge is -2.22. The molecule has 0 aromatic heterocycles. The first-order chi connectivity index (χ1) is 9.69. The molecule has 0 radical (unpaired) electrons. The summed E-state index contributed by atoms with van der Waals surface area (Å²) in [5, 5.41) is 2.73. The Morgan fingerprint density at radius 1 is 1.45 bits per heavy atom. The highest BCUT2D eigenvalue weighted by Crippen LogP contribution is 2.24. The lowest BCUT2D eigenvalue weighted by Crippen LogP contribution is -2.28. The van der Waals surface area contributed by atoms with E-state index in [0.717, 1.165) is 12.8 Å². The number of nitrogen functional groups attached to an aromatic ring is 1. The highest BCUT2D eigenvalue weighted by molar-refractivity contribution is 5.94. The Morgan fingerprint density at radius 3 is 2.85 bits per heavy atom. The molecule has 0 atom stereocenters. The van der Waals surface area contributed by atoms with Crippen LogP contribution in [-0.4, -0.2) is 38.9 Å². The Bertz CT molecular complexity index is 458. The van der Waals surface area contributed by atoms with Gasteiger partial charge in [0.2, 0.25) is 5.91 Å². The SMILES string of the molecule is COc1ccc(NC(=O)COC2CCOCC2)c(N)c1. The minimum atomic E-state index is -0.214. The molecule has 1 heterocycles. The summed E-state index contributed by atoms with van der Waals surface area (Å²) in [5.74, 6) is 0.437. The van der Waals surface area contributed by atoms with Crippen molar-refractivity contribution in [1.29, 1.82) is 0 Å². The van der Waals surface area contributed by atoms with Crippen LogP contribution in [0.1, 0.15) is 12.8 Å². The van der Waals surface area contributed by atoms with Crippen LogP contribution in [0, 0.1) is 0 Å². The molecule has 0 bridgehead atoms. The van der Waals surface area contributed by atoms with Crippen LogP contribution in [0.5, 0.6) is 5.75 Å². The zero-order valence-electron chi connectivity index (χ0n) is 11.6. The molecule has 0 unspecified atom stereocenters. The third-order valence-electron chi connectivity index (χ3n) is 3.15. The second kappa shape index (κ2) is 7.12. The van der Waals surface area contributed by atoms with Crippen LogP contribution in [0.3, 0.4) is 0 Å². The van der Waals surface area contributed by atoms with E-state index in [9.17, 15) is 4.79 Å². The normalized spacial score (nSPS) is 15.8. The van der Waals surface area contributed by atoms with E-state index in [1.807, 2.05) is 0 Å². The number of hydrogen-bond donors (Lipinski definition) is 2. The molecule has 1 amide bonds. The van der Waals surface area contributed by atoms with Crippen molar-refractivity contribution >= 4 is 17.3 Å². The van der Waals surface area contributed by atoms with Crippen molar-refractivity contribution in [3.05, 3.63) is 18.2 Å². The number of nitrogens with one attached hydrogen (secondary N) is 1. The Balaban J connectivity index is 1.81. The molecule has 0 aliphatic carbocycles. The Kier molecular flexibility index (Phi) is 5.20. The second-order valence-electron chi connectivity index (χ2n) is 4.62. The predicted molar refractivity (Wildman–Crippen MR) is 75.8 cm³/mol. The summed E-state index contributed by atoms with van der Waals surface area (Å²) < 4.78 is 15.8. The molecule has 1 fully saturated rings. The van der Waals surface area contributed by atoms with E-state index < -0.39 is 0 Å². The van der Waals surface area contributed by atoms with E-state index in [1.165, 1.54) is 0 Å². The van der Waals surface area contributed by atoms with Gasteiger partial charge in [-0.25, -0.2) is 0 Å². The van der Waals surface area contributed by atoms with Crippen LogP contribution in [0.25, 0.3) is 0 Å². The molecule has 6 heteroatoms. The van der Waals surface area contributed by atoms with Gasteiger partial charge < -0.3 is 25.3 Å². The fourth-order valence-electron chi connectivity index (χ4n) is 2.00. The van der Waals surface area contributed by atoms with E-state index >= 15 is 0 Å². The summed E-state index contributed by atoms with van der Waals surface area (Å²) in [5.41, 5.74) is 6.86. The average Bonchev–Trinajstić information content (AvgIpc) is 2.48. The molecule has 20 heavy (non-hydrogen) atoms. The van der Waals surface area contributed by atoms with E-state index in [4.69, 9.17) is 19.9 Å². The third-order valence-corrected chi connectivity index (χ3v) is 3.15. The maximum Gasteiger partial charge on any atom is 0.250 e. The summed E-state index contributed by atoms with van der Waals surface area (Å²) in [7, 11) is 1.56. The average molecular weight is 280 g/mol. The maximum atomic E-state index is 11.8. The number of methoxy groups -OCH3 is 1. The second-order valence-corrected chi connectivity index (χ2v) is 4.62. The molecular weight excluding hydrogens is 260 g/mol. The molecule has 3 N–H and O–H groups in total. The Labute approximate surface area is 118 Å². The summed E-state index contributed by atoms with van der Waals surface area (Å²) in [6.07, 6.45) is 1.76. The van der Waals surface area contributed by atoms with Crippen LogP contribution in [0.2, 0.25) is 0 Å². The molecule has 1 saturated heterocycles. The summed E-state index contributed by atoms with van der Waals surface area (Å²) >= 11 is 0. The van der Waals surface area contributed by atoms with Crippen molar-refractivity contribution in [2.45, 2.75) is 18.9 Å². The van der Waals surface area contributed by atoms with Crippen LogP contribution in [0.4, 0.5) is 11.4 Å². The number of ether oxygens (including phenoxy) is 3. The van der Waals surface area contributed by atoms with E-state index in [2.05, 4.69) is 5.32 Å². The Hall–Kier alpha value is -1.79. The van der Waals surface area contributed by atoms with Gasteiger partial charge in [-0.15, -0.1) is 0 Å². The minimum absolute atomic E-state index is 0.0239. The smallest absolute Gasteiger partial charge is 0.250 e. The van der Waals surface area contributed by atoms with Gasteiger partial charge >= 0.3 is 0 Å². The van der Waals surface area contributed by atoms with Gasteiger partial charge in [0, 0.05) is 19.3 Å². The van der Waals surface area contributed by atoms with Crippen LogP contribution >= 0.6 is 0 Å². The van der Waals surface area contributed by atoms with Crippen molar-refractivity contribution in [3.63, 3.8) is 0 Å². The largest absolute Gasteiger partial charge is 0.497 e. The van der Waals surface area contributed by atoms with Crippen LogP contribution in [-0.2, 0) is 14.3 Å². The molecule has 1 aromatic carbocycles. The van der Waals surface area contributed by atoms with E-state index in [0.29, 0.717) is 30.3 Å². The third kappa shape index (κ3) is 4.11. The zero-order chi connectivity index (χ0) is 14.4. The van der Waals surface area contributed by atoms with Crippen molar-refractivity contribution in [1.82, 2.24) is 0 Å². The first kappa shape index (κ1) is 14.6. The highest BCUT2D eigenvalue weighted by atomic mass is 16.5. The van der Waals surface area contributed by atoms with Gasteiger partial charge in [-0.3, -0.25) is 4.79 Å². The molecule has 1 aliphatic heterocycles. The molecule has 2 rings (SSSR count). The number of carbonyl (C=O) groups excluding carboxylic acids is 1. The van der Waals surface area contributed by atoms with Crippen molar-refractivity contribution < 1.29 is 19.0 Å². The first-order valence-electron chi connectivity index (χ1n) is 6.61. The van der Waals surface area contributed by atoms with Gasteiger partial charge in [0.25, 0.3) is 0 Å². The molecule has 6 nitrogen and oxygen atoms in total. The molecular formula is C14H20N2O4. The zero-order valence-corrected chi connectivity index (χ0v) is 11.6. The number of nitrogens with two attached hydrogens (primary N) is 1. The maximum absolute atomic E-state index is 11.8. The van der Waals surface area contributed by atoms with Crippen LogP contribution < -0.4 is 15.8 Å². The number of amides is 1. The summed E-state index contributed by atoms with van der Waals surface area (Å²) in [4.78, 5) is 11.8. The highest BCUT2D eigenvalue weighted by Gasteiger charge is 2.16. The van der Waals surface area contributed by atoms with E-state index in [1.54, 1.807) is 25.3 Å². The molecule has 110 valence electrons. The minimum Gasteiger partial charge on any atom is -0.497 e. The predicted octanol–water partition coefficient (Wildman–Crippen LogP) is 1.41. The number of rotatable bonds is 5.